The maximum absolute atomic E-state index is 5.68. The molecule has 2 rings (SSSR count). The summed E-state index contributed by atoms with van der Waals surface area (Å²) in [5.74, 6) is 0.921. The van der Waals surface area contributed by atoms with E-state index in [1.54, 1.807) is 0 Å². The van der Waals surface area contributed by atoms with Crippen LogP contribution in [0.1, 0.15) is 40.9 Å². The summed E-state index contributed by atoms with van der Waals surface area (Å²) in [6.07, 6.45) is 0.208. The van der Waals surface area contributed by atoms with Crippen LogP contribution in [0.2, 0.25) is 0 Å². The highest BCUT2D eigenvalue weighted by molar-refractivity contribution is 9.09. The standard InChI is InChI=1S/C18H21BrO/c1-12(2)20-16-10-8-15(9-11-16)18(19)17-7-5-6-13(3)14(17)4/h5-12,18H,1-4H3. The number of alkyl halides is 1. The van der Waals surface area contributed by atoms with E-state index in [2.05, 4.69) is 60.1 Å². The summed E-state index contributed by atoms with van der Waals surface area (Å²) < 4.78 is 5.68. The van der Waals surface area contributed by atoms with E-state index < -0.39 is 0 Å². The molecule has 0 spiro atoms. The van der Waals surface area contributed by atoms with E-state index in [-0.39, 0.29) is 10.9 Å². The van der Waals surface area contributed by atoms with Gasteiger partial charge >= 0.3 is 0 Å². The van der Waals surface area contributed by atoms with E-state index in [1.165, 1.54) is 22.3 Å². The summed E-state index contributed by atoms with van der Waals surface area (Å²) in [6, 6.07) is 14.8. The molecule has 106 valence electrons. The van der Waals surface area contributed by atoms with Gasteiger partial charge < -0.3 is 4.74 Å². The molecule has 2 aromatic carbocycles. The SMILES string of the molecule is Cc1cccc(C(Br)c2ccc(OC(C)C)cc2)c1C. The Morgan fingerprint density at radius 3 is 2.20 bits per heavy atom. The first-order chi connectivity index (χ1) is 9.49. The lowest BCUT2D eigenvalue weighted by atomic mass is 9.97. The van der Waals surface area contributed by atoms with Gasteiger partial charge in [0.1, 0.15) is 5.75 Å². The number of halogens is 1. The molecule has 0 aliphatic rings. The monoisotopic (exact) mass is 332 g/mol. The molecule has 0 saturated heterocycles. The molecule has 1 nitrogen and oxygen atoms in total. The molecule has 2 heteroatoms. The molecule has 1 unspecified atom stereocenters. The molecular formula is C18H21BrO. The normalized spacial score (nSPS) is 12.5. The highest BCUT2D eigenvalue weighted by Gasteiger charge is 2.13. The quantitative estimate of drug-likeness (QED) is 0.664. The molecule has 1 atom stereocenters. The van der Waals surface area contributed by atoms with Gasteiger partial charge in [0.05, 0.1) is 10.9 Å². The minimum absolute atomic E-state index is 0.208. The molecule has 0 bridgehead atoms. The van der Waals surface area contributed by atoms with Gasteiger partial charge in [-0.1, -0.05) is 46.3 Å². The molecule has 0 aliphatic carbocycles. The Morgan fingerprint density at radius 1 is 0.950 bits per heavy atom. The second kappa shape index (κ2) is 6.45. The van der Waals surface area contributed by atoms with Gasteiger partial charge in [-0.05, 0) is 62.1 Å². The molecule has 0 fully saturated rings. The number of aryl methyl sites for hydroxylation is 1. The zero-order valence-corrected chi connectivity index (χ0v) is 14.1. The van der Waals surface area contributed by atoms with Crippen molar-refractivity contribution >= 4 is 15.9 Å². The maximum atomic E-state index is 5.68. The van der Waals surface area contributed by atoms with Crippen molar-refractivity contribution in [2.75, 3.05) is 0 Å². The smallest absolute Gasteiger partial charge is 0.119 e. The van der Waals surface area contributed by atoms with E-state index in [0.29, 0.717) is 0 Å². The fraction of sp³-hybridized carbons (Fsp3) is 0.333. The predicted molar refractivity (Wildman–Crippen MR) is 88.9 cm³/mol. The van der Waals surface area contributed by atoms with Gasteiger partial charge in [0.25, 0.3) is 0 Å². The van der Waals surface area contributed by atoms with Gasteiger partial charge in [0, 0.05) is 0 Å². The first-order valence-electron chi connectivity index (χ1n) is 6.96. The second-order valence-corrected chi connectivity index (χ2v) is 6.30. The Hall–Kier alpha value is -1.28. The topological polar surface area (TPSA) is 9.23 Å². The fourth-order valence-electron chi connectivity index (χ4n) is 2.22. The molecule has 20 heavy (non-hydrogen) atoms. The van der Waals surface area contributed by atoms with Crippen LogP contribution in [-0.4, -0.2) is 6.10 Å². The van der Waals surface area contributed by atoms with Crippen LogP contribution in [0.15, 0.2) is 42.5 Å². The summed E-state index contributed by atoms with van der Waals surface area (Å²) >= 11 is 3.81. The van der Waals surface area contributed by atoms with Crippen LogP contribution in [0.4, 0.5) is 0 Å². The van der Waals surface area contributed by atoms with Crippen LogP contribution < -0.4 is 4.74 Å². The molecule has 0 radical (unpaired) electrons. The number of benzene rings is 2. The van der Waals surface area contributed by atoms with Crippen LogP contribution in [0.5, 0.6) is 5.75 Å². The summed E-state index contributed by atoms with van der Waals surface area (Å²) in [5, 5.41) is 0. The number of ether oxygens (including phenoxy) is 1. The molecular weight excluding hydrogens is 312 g/mol. The molecule has 0 aliphatic heterocycles. The lowest BCUT2D eigenvalue weighted by molar-refractivity contribution is 0.242. The van der Waals surface area contributed by atoms with Gasteiger partial charge in [0.15, 0.2) is 0 Å². The first-order valence-corrected chi connectivity index (χ1v) is 7.87. The Labute approximate surface area is 130 Å². The third-order valence-electron chi connectivity index (χ3n) is 3.46. The van der Waals surface area contributed by atoms with Gasteiger partial charge in [-0.25, -0.2) is 0 Å². The predicted octanol–water partition coefficient (Wildman–Crippen LogP) is 5.57. The summed E-state index contributed by atoms with van der Waals surface area (Å²) in [7, 11) is 0. The van der Waals surface area contributed by atoms with Crippen LogP contribution in [0.3, 0.4) is 0 Å². The van der Waals surface area contributed by atoms with Gasteiger partial charge in [0.2, 0.25) is 0 Å². The van der Waals surface area contributed by atoms with Crippen molar-refractivity contribution in [1.29, 1.82) is 0 Å². The highest BCUT2D eigenvalue weighted by atomic mass is 79.9. The zero-order chi connectivity index (χ0) is 14.7. The Bertz CT molecular complexity index is 572. The lowest BCUT2D eigenvalue weighted by Crippen LogP contribution is -2.05. The lowest BCUT2D eigenvalue weighted by Gasteiger charge is -2.16. The van der Waals surface area contributed by atoms with Crippen molar-refractivity contribution in [2.45, 2.75) is 38.6 Å². The number of hydrogen-bond donors (Lipinski definition) is 0. The van der Waals surface area contributed by atoms with Crippen LogP contribution >= 0.6 is 15.9 Å². The second-order valence-electron chi connectivity index (χ2n) is 5.39. The number of rotatable bonds is 4. The average molecular weight is 333 g/mol. The third-order valence-corrected chi connectivity index (χ3v) is 4.49. The molecule has 0 N–H and O–H groups in total. The van der Waals surface area contributed by atoms with Gasteiger partial charge in [-0.2, -0.15) is 0 Å². The molecule has 2 aromatic rings. The highest BCUT2D eigenvalue weighted by Crippen LogP contribution is 2.34. The Kier molecular flexibility index (Phi) is 4.87. The third kappa shape index (κ3) is 3.43. The zero-order valence-electron chi connectivity index (χ0n) is 12.5. The van der Waals surface area contributed by atoms with Crippen molar-refractivity contribution in [2.24, 2.45) is 0 Å². The van der Waals surface area contributed by atoms with E-state index in [0.717, 1.165) is 5.75 Å². The fourth-order valence-corrected chi connectivity index (χ4v) is 3.02. The van der Waals surface area contributed by atoms with Crippen molar-refractivity contribution < 1.29 is 4.74 Å². The van der Waals surface area contributed by atoms with Crippen LogP contribution in [0.25, 0.3) is 0 Å². The molecule has 0 aromatic heterocycles. The van der Waals surface area contributed by atoms with E-state index in [9.17, 15) is 0 Å². The minimum atomic E-state index is 0.208. The van der Waals surface area contributed by atoms with Crippen molar-refractivity contribution in [3.05, 3.63) is 64.7 Å². The minimum Gasteiger partial charge on any atom is -0.491 e. The van der Waals surface area contributed by atoms with Crippen LogP contribution in [-0.2, 0) is 0 Å². The van der Waals surface area contributed by atoms with Crippen molar-refractivity contribution in [1.82, 2.24) is 0 Å². The van der Waals surface area contributed by atoms with Crippen molar-refractivity contribution in [3.8, 4) is 5.75 Å². The molecule has 0 heterocycles. The van der Waals surface area contributed by atoms with E-state index in [4.69, 9.17) is 4.74 Å². The van der Waals surface area contributed by atoms with Gasteiger partial charge in [-0.15, -0.1) is 0 Å². The maximum Gasteiger partial charge on any atom is 0.119 e. The molecule has 0 saturated carbocycles. The number of hydrogen-bond acceptors (Lipinski definition) is 1. The van der Waals surface area contributed by atoms with Gasteiger partial charge in [-0.3, -0.25) is 0 Å². The van der Waals surface area contributed by atoms with Crippen molar-refractivity contribution in [3.63, 3.8) is 0 Å². The van der Waals surface area contributed by atoms with E-state index >= 15 is 0 Å². The average Bonchev–Trinajstić information content (AvgIpc) is 2.41. The van der Waals surface area contributed by atoms with Crippen LogP contribution in [0, 0.1) is 13.8 Å². The Morgan fingerprint density at radius 2 is 1.60 bits per heavy atom. The summed E-state index contributed by atoms with van der Waals surface area (Å²) in [4.78, 5) is 0.218. The first kappa shape index (κ1) is 15.1. The molecule has 0 amide bonds. The van der Waals surface area contributed by atoms with E-state index in [1.807, 2.05) is 26.0 Å². The Balaban J connectivity index is 2.25. The summed E-state index contributed by atoms with van der Waals surface area (Å²) in [5.41, 5.74) is 5.24. The largest absolute Gasteiger partial charge is 0.491 e. The summed E-state index contributed by atoms with van der Waals surface area (Å²) in [6.45, 7) is 8.40.